The lowest BCUT2D eigenvalue weighted by molar-refractivity contribution is -0.137. The lowest BCUT2D eigenvalue weighted by atomic mass is 10.1. The second kappa shape index (κ2) is 9.76. The molecule has 0 fully saturated rings. The number of amides is 1. The number of anilines is 1. The third-order valence-corrected chi connectivity index (χ3v) is 4.93. The highest BCUT2D eigenvalue weighted by molar-refractivity contribution is 5.94. The zero-order valence-corrected chi connectivity index (χ0v) is 18.1. The lowest BCUT2D eigenvalue weighted by Gasteiger charge is -2.12. The average Bonchev–Trinajstić information content (AvgIpc) is 3.21. The summed E-state index contributed by atoms with van der Waals surface area (Å²) in [5.74, 6) is -0.269. The van der Waals surface area contributed by atoms with E-state index in [0.29, 0.717) is 6.54 Å². The maximum absolute atomic E-state index is 13.0. The van der Waals surface area contributed by atoms with Gasteiger partial charge in [0.1, 0.15) is 0 Å². The molecule has 0 spiro atoms. The van der Waals surface area contributed by atoms with Gasteiger partial charge in [-0.25, -0.2) is 4.68 Å². The number of aryl methyl sites for hydroxylation is 1. The van der Waals surface area contributed by atoms with E-state index in [4.69, 9.17) is 4.74 Å². The topological polar surface area (TPSA) is 59.4 Å². The number of carbonyl (C=O) groups is 1. The maximum Gasteiger partial charge on any atom is 0.416 e. The quantitative estimate of drug-likeness (QED) is 0.524. The van der Waals surface area contributed by atoms with E-state index in [1.54, 1.807) is 0 Å². The molecule has 0 unspecified atom stereocenters. The van der Waals surface area contributed by atoms with Gasteiger partial charge in [-0.05, 0) is 48.7 Å². The molecule has 0 aliphatic heterocycles. The second-order valence-corrected chi connectivity index (χ2v) is 7.46. The van der Waals surface area contributed by atoms with E-state index in [1.165, 1.54) is 30.1 Å². The summed E-state index contributed by atoms with van der Waals surface area (Å²) < 4.78 is 45.4. The molecule has 0 saturated heterocycles. The molecule has 1 aromatic heterocycles. The molecule has 9 heteroatoms. The molecule has 0 aliphatic rings. The van der Waals surface area contributed by atoms with Crippen molar-refractivity contribution in [3.8, 4) is 11.4 Å². The van der Waals surface area contributed by atoms with Crippen LogP contribution in [0, 0.1) is 0 Å². The van der Waals surface area contributed by atoms with E-state index >= 15 is 0 Å². The first-order valence-electron chi connectivity index (χ1n) is 10.0. The van der Waals surface area contributed by atoms with Crippen molar-refractivity contribution >= 4 is 11.6 Å². The normalized spacial score (nSPS) is 11.3. The van der Waals surface area contributed by atoms with Crippen LogP contribution in [0.1, 0.15) is 28.0 Å². The third-order valence-electron chi connectivity index (χ3n) is 4.93. The van der Waals surface area contributed by atoms with E-state index in [0.717, 1.165) is 36.2 Å². The van der Waals surface area contributed by atoms with Gasteiger partial charge in [-0.2, -0.15) is 18.3 Å². The van der Waals surface area contributed by atoms with Crippen LogP contribution in [0.25, 0.3) is 5.69 Å². The number of alkyl halides is 3. The van der Waals surface area contributed by atoms with Crippen molar-refractivity contribution in [1.29, 1.82) is 0 Å². The molecule has 0 saturated carbocycles. The number of nitrogens with zero attached hydrogens (tertiary/aromatic N) is 3. The molecule has 1 amide bonds. The number of nitrogens with one attached hydrogen (secondary N) is 1. The van der Waals surface area contributed by atoms with Gasteiger partial charge >= 0.3 is 6.18 Å². The second-order valence-electron chi connectivity index (χ2n) is 7.46. The Bertz CT molecular complexity index is 1060. The molecule has 2 aromatic carbocycles. The molecule has 6 nitrogen and oxygen atoms in total. The van der Waals surface area contributed by atoms with Crippen molar-refractivity contribution < 1.29 is 22.7 Å². The Labute approximate surface area is 184 Å². The first kappa shape index (κ1) is 23.2. The van der Waals surface area contributed by atoms with Crippen molar-refractivity contribution in [2.45, 2.75) is 19.0 Å². The minimum absolute atomic E-state index is 0.0141. The fraction of sp³-hybridized carbons (Fsp3) is 0.304. The van der Waals surface area contributed by atoms with Gasteiger partial charge in [0.25, 0.3) is 5.91 Å². The Morgan fingerprint density at radius 2 is 1.88 bits per heavy atom. The fourth-order valence-corrected chi connectivity index (χ4v) is 3.16. The van der Waals surface area contributed by atoms with Crippen LogP contribution in [-0.4, -0.2) is 43.4 Å². The average molecular weight is 446 g/mol. The van der Waals surface area contributed by atoms with Crippen LogP contribution in [0.5, 0.6) is 5.75 Å². The van der Waals surface area contributed by atoms with Crippen LogP contribution < -0.4 is 15.0 Å². The molecule has 3 aromatic rings. The SMILES string of the molecule is COc1cn(-c2cccc(C(F)(F)F)c2)nc1C(=O)NCCCc1ccc(N(C)C)cc1. The van der Waals surface area contributed by atoms with E-state index in [1.807, 2.05) is 31.1 Å². The van der Waals surface area contributed by atoms with Gasteiger partial charge in [0.15, 0.2) is 11.4 Å². The first-order valence-corrected chi connectivity index (χ1v) is 10.0. The Hall–Kier alpha value is -3.49. The number of halogens is 3. The van der Waals surface area contributed by atoms with Crippen molar-refractivity contribution in [3.05, 3.63) is 71.5 Å². The van der Waals surface area contributed by atoms with E-state index < -0.39 is 17.6 Å². The molecule has 0 atom stereocenters. The molecule has 0 aliphatic carbocycles. The number of methoxy groups -OCH3 is 1. The van der Waals surface area contributed by atoms with Gasteiger partial charge in [-0.1, -0.05) is 18.2 Å². The molecular formula is C23H25F3N4O2. The molecule has 0 radical (unpaired) electrons. The largest absolute Gasteiger partial charge is 0.493 e. The molecule has 1 N–H and O–H groups in total. The number of carbonyl (C=O) groups excluding carboxylic acids is 1. The lowest BCUT2D eigenvalue weighted by Crippen LogP contribution is -2.25. The summed E-state index contributed by atoms with van der Waals surface area (Å²) in [5, 5.41) is 6.94. The Morgan fingerprint density at radius 3 is 2.50 bits per heavy atom. The minimum atomic E-state index is -4.47. The van der Waals surface area contributed by atoms with Crippen molar-refractivity contribution in [2.75, 3.05) is 32.6 Å². The van der Waals surface area contributed by atoms with E-state index in [9.17, 15) is 18.0 Å². The first-order chi connectivity index (χ1) is 15.2. The van der Waals surface area contributed by atoms with Crippen LogP contribution in [0.4, 0.5) is 18.9 Å². The summed E-state index contributed by atoms with van der Waals surface area (Å²) in [6.45, 7) is 0.424. The van der Waals surface area contributed by atoms with Gasteiger partial charge < -0.3 is 15.0 Å². The minimum Gasteiger partial charge on any atom is -0.493 e. The van der Waals surface area contributed by atoms with Gasteiger partial charge in [0, 0.05) is 26.3 Å². The predicted molar refractivity (Wildman–Crippen MR) is 117 cm³/mol. The number of hydrogen-bond acceptors (Lipinski definition) is 4. The standard InChI is InChI=1S/C23H25F3N4O2/c1-29(2)18-11-9-16(10-12-18)6-5-13-27-22(31)21-20(32-3)15-30(28-21)19-8-4-7-17(14-19)23(24,25)26/h4,7-12,14-15H,5-6,13H2,1-3H3,(H,27,31). The number of hydrogen-bond donors (Lipinski definition) is 1. The van der Waals surface area contributed by atoms with E-state index in [2.05, 4.69) is 22.5 Å². The van der Waals surface area contributed by atoms with Gasteiger partial charge in [-0.3, -0.25) is 4.79 Å². The van der Waals surface area contributed by atoms with Gasteiger partial charge in [0.2, 0.25) is 0 Å². The van der Waals surface area contributed by atoms with E-state index in [-0.39, 0.29) is 17.1 Å². The number of benzene rings is 2. The highest BCUT2D eigenvalue weighted by atomic mass is 19.4. The summed E-state index contributed by atoms with van der Waals surface area (Å²) in [4.78, 5) is 14.6. The Morgan fingerprint density at radius 1 is 1.16 bits per heavy atom. The summed E-state index contributed by atoms with van der Waals surface area (Å²) >= 11 is 0. The van der Waals surface area contributed by atoms with Crippen LogP contribution in [0.3, 0.4) is 0 Å². The molecule has 32 heavy (non-hydrogen) atoms. The smallest absolute Gasteiger partial charge is 0.416 e. The zero-order chi connectivity index (χ0) is 23.3. The zero-order valence-electron chi connectivity index (χ0n) is 18.1. The van der Waals surface area contributed by atoms with Crippen molar-refractivity contribution in [2.24, 2.45) is 0 Å². The van der Waals surface area contributed by atoms with Crippen molar-refractivity contribution in [1.82, 2.24) is 15.1 Å². The third kappa shape index (κ3) is 5.60. The Kier molecular flexibility index (Phi) is 7.07. The van der Waals surface area contributed by atoms with Crippen LogP contribution in [0.2, 0.25) is 0 Å². The molecule has 170 valence electrons. The number of ether oxygens (including phenoxy) is 1. The maximum atomic E-state index is 13.0. The van der Waals surface area contributed by atoms with Crippen LogP contribution in [0.15, 0.2) is 54.7 Å². The fourth-order valence-electron chi connectivity index (χ4n) is 3.16. The summed E-state index contributed by atoms with van der Waals surface area (Å²) in [5.41, 5.74) is 1.68. The van der Waals surface area contributed by atoms with Crippen LogP contribution >= 0.6 is 0 Å². The molecule has 1 heterocycles. The highest BCUT2D eigenvalue weighted by Crippen LogP contribution is 2.30. The number of rotatable bonds is 8. The highest BCUT2D eigenvalue weighted by Gasteiger charge is 2.30. The van der Waals surface area contributed by atoms with Gasteiger partial charge in [-0.15, -0.1) is 0 Å². The summed E-state index contributed by atoms with van der Waals surface area (Å²) in [6.07, 6.45) is -1.57. The van der Waals surface area contributed by atoms with Gasteiger partial charge in [0.05, 0.1) is 24.6 Å². The number of aromatic nitrogens is 2. The molecular weight excluding hydrogens is 421 g/mol. The molecule has 3 rings (SSSR count). The summed E-state index contributed by atoms with van der Waals surface area (Å²) in [6, 6.07) is 12.9. The molecule has 0 bridgehead atoms. The van der Waals surface area contributed by atoms with Crippen LogP contribution in [-0.2, 0) is 12.6 Å². The van der Waals surface area contributed by atoms with Crippen molar-refractivity contribution in [3.63, 3.8) is 0 Å². The monoisotopic (exact) mass is 446 g/mol. The Balaban J connectivity index is 1.63. The summed E-state index contributed by atoms with van der Waals surface area (Å²) in [7, 11) is 5.34. The predicted octanol–water partition coefficient (Wildman–Crippen LogP) is 4.33.